The van der Waals surface area contributed by atoms with Crippen LogP contribution in [0, 0.1) is 11.8 Å². The zero-order chi connectivity index (χ0) is 23.3. The molecule has 31 heavy (non-hydrogen) atoms. The molecule has 0 amide bonds. The van der Waals surface area contributed by atoms with Crippen LogP contribution in [0.5, 0.6) is 5.75 Å². The maximum absolute atomic E-state index is 9.60. The highest BCUT2D eigenvalue weighted by molar-refractivity contribution is 6.30. The van der Waals surface area contributed by atoms with Crippen molar-refractivity contribution in [1.29, 1.82) is 0 Å². The van der Waals surface area contributed by atoms with Crippen LogP contribution in [-0.4, -0.2) is 56.8 Å². The van der Waals surface area contributed by atoms with Gasteiger partial charge in [0.15, 0.2) is 0 Å². The molecule has 3 rings (SSSR count). The Bertz CT molecular complexity index is 630. The molecule has 1 aliphatic heterocycles. The van der Waals surface area contributed by atoms with Gasteiger partial charge in [-0.1, -0.05) is 25.4 Å². The molecule has 0 spiro atoms. The second-order valence-corrected chi connectivity index (χ2v) is 9.53. The molecule has 2 aliphatic rings. The molecule has 1 saturated heterocycles. The summed E-state index contributed by atoms with van der Waals surface area (Å²) in [7, 11) is 2.04. The van der Waals surface area contributed by atoms with Crippen molar-refractivity contribution < 1.29 is 14.3 Å². The first-order chi connectivity index (χ1) is 14.8. The third-order valence-corrected chi connectivity index (χ3v) is 5.39. The second kappa shape index (κ2) is 14.7. The van der Waals surface area contributed by atoms with E-state index in [2.05, 4.69) is 21.0 Å². The zero-order valence-corrected chi connectivity index (χ0v) is 21.1. The van der Waals surface area contributed by atoms with E-state index >= 15 is 0 Å². The Balaban J connectivity index is 0.000000457. The van der Waals surface area contributed by atoms with Crippen molar-refractivity contribution in [3.05, 3.63) is 28.8 Å². The monoisotopic (exact) mass is 454 g/mol. The lowest BCUT2D eigenvalue weighted by atomic mass is 10.1. The number of carbonyl (C=O) groups excluding carboxylic acids is 1. The fourth-order valence-corrected chi connectivity index (χ4v) is 3.57. The van der Waals surface area contributed by atoms with Gasteiger partial charge in [0.1, 0.15) is 11.4 Å². The Morgan fingerprint density at radius 1 is 1.19 bits per heavy atom. The van der Waals surface area contributed by atoms with Crippen molar-refractivity contribution in [1.82, 2.24) is 10.2 Å². The van der Waals surface area contributed by atoms with Gasteiger partial charge in [-0.05, 0) is 102 Å². The molecule has 6 heteroatoms. The number of nitrogens with one attached hydrogen (secondary N) is 1. The molecule has 2 fully saturated rings. The van der Waals surface area contributed by atoms with Gasteiger partial charge in [0.05, 0.1) is 6.61 Å². The van der Waals surface area contributed by atoms with Crippen molar-refractivity contribution in [2.75, 3.05) is 39.8 Å². The maximum Gasteiger partial charge on any atom is 0.293 e. The van der Waals surface area contributed by atoms with Crippen LogP contribution in [-0.2, 0) is 16.0 Å². The Labute approximate surface area is 194 Å². The molecule has 1 atom stereocenters. The molecule has 1 aromatic rings. The topological polar surface area (TPSA) is 50.8 Å². The summed E-state index contributed by atoms with van der Waals surface area (Å²) in [6, 6.07) is 6.05. The zero-order valence-electron chi connectivity index (χ0n) is 20.4. The summed E-state index contributed by atoms with van der Waals surface area (Å²) in [4.78, 5) is 12.2. The van der Waals surface area contributed by atoms with Crippen LogP contribution < -0.4 is 10.1 Å². The summed E-state index contributed by atoms with van der Waals surface area (Å²) in [6.45, 7) is 15.4. The van der Waals surface area contributed by atoms with Gasteiger partial charge in [0, 0.05) is 18.1 Å². The van der Waals surface area contributed by atoms with Gasteiger partial charge in [-0.25, -0.2) is 0 Å². The van der Waals surface area contributed by atoms with Crippen molar-refractivity contribution in [3.63, 3.8) is 0 Å². The second-order valence-electron chi connectivity index (χ2n) is 9.10. The Morgan fingerprint density at radius 3 is 2.45 bits per heavy atom. The van der Waals surface area contributed by atoms with Crippen molar-refractivity contribution in [2.45, 2.75) is 65.9 Å². The largest absolute Gasteiger partial charge is 0.493 e. The molecule has 1 heterocycles. The number of ether oxygens (including phenoxy) is 2. The lowest BCUT2D eigenvalue weighted by molar-refractivity contribution is -0.138. The summed E-state index contributed by atoms with van der Waals surface area (Å²) in [5.41, 5.74) is 0.937. The predicted octanol–water partition coefficient (Wildman–Crippen LogP) is 5.20. The molecule has 178 valence electrons. The first kappa shape index (κ1) is 27.7. The van der Waals surface area contributed by atoms with E-state index in [9.17, 15) is 4.79 Å². The summed E-state index contributed by atoms with van der Waals surface area (Å²) in [6.07, 6.45) is 4.97. The molecular weight excluding hydrogens is 412 g/mol. The first-order valence-electron chi connectivity index (χ1n) is 11.7. The van der Waals surface area contributed by atoms with Crippen LogP contribution in [0.15, 0.2) is 18.2 Å². The fourth-order valence-electron chi connectivity index (χ4n) is 3.37. The highest BCUT2D eigenvalue weighted by Crippen LogP contribution is 2.31. The van der Waals surface area contributed by atoms with E-state index in [1.54, 1.807) is 0 Å². The molecule has 0 radical (unpaired) electrons. The number of halogens is 1. The van der Waals surface area contributed by atoms with Crippen molar-refractivity contribution >= 4 is 18.1 Å². The van der Waals surface area contributed by atoms with E-state index in [0.717, 1.165) is 48.7 Å². The molecule has 1 saturated carbocycles. The van der Waals surface area contributed by atoms with Gasteiger partial charge >= 0.3 is 0 Å². The van der Waals surface area contributed by atoms with Crippen LogP contribution >= 0.6 is 11.6 Å². The number of hydrogen-bond acceptors (Lipinski definition) is 5. The fraction of sp³-hybridized carbons (Fsp3) is 0.720. The quantitative estimate of drug-likeness (QED) is 0.520. The average molecular weight is 455 g/mol. The van der Waals surface area contributed by atoms with Gasteiger partial charge in [-0.3, -0.25) is 4.79 Å². The van der Waals surface area contributed by atoms with Crippen molar-refractivity contribution in [3.8, 4) is 5.75 Å². The number of nitrogens with zero attached hydrogens (tertiary/aromatic N) is 1. The van der Waals surface area contributed by atoms with Crippen molar-refractivity contribution in [2.24, 2.45) is 11.8 Å². The minimum atomic E-state index is -0.318. The summed E-state index contributed by atoms with van der Waals surface area (Å²) in [5, 5.41) is 4.10. The number of rotatable bonds is 9. The van der Waals surface area contributed by atoms with E-state index in [-0.39, 0.29) is 5.60 Å². The molecule has 0 aromatic heterocycles. The van der Waals surface area contributed by atoms with E-state index in [1.807, 2.05) is 53.8 Å². The first-order valence-corrected chi connectivity index (χ1v) is 12.1. The Morgan fingerprint density at radius 2 is 1.90 bits per heavy atom. The summed E-state index contributed by atoms with van der Waals surface area (Å²) in [5.74, 6) is 2.61. The van der Waals surface area contributed by atoms with E-state index in [4.69, 9.17) is 16.3 Å². The van der Waals surface area contributed by atoms with Crippen LogP contribution in [0.25, 0.3) is 0 Å². The Kier molecular flexibility index (Phi) is 13.2. The third-order valence-electron chi connectivity index (χ3n) is 5.16. The molecule has 1 unspecified atom stereocenters. The summed E-state index contributed by atoms with van der Waals surface area (Å²) < 4.78 is 10.6. The number of benzene rings is 1. The van der Waals surface area contributed by atoms with Gasteiger partial charge < -0.3 is 19.7 Å². The van der Waals surface area contributed by atoms with E-state index in [1.165, 1.54) is 37.9 Å². The molecule has 1 aromatic carbocycles. The van der Waals surface area contributed by atoms with Crippen LogP contribution in [0.1, 0.15) is 59.4 Å². The number of hydrogen-bond donors (Lipinski definition) is 1. The molecule has 5 nitrogen and oxygen atoms in total. The Hall–Kier alpha value is -1.30. The average Bonchev–Trinajstić information content (AvgIpc) is 3.45. The van der Waals surface area contributed by atoms with E-state index in [0.29, 0.717) is 6.47 Å². The van der Waals surface area contributed by atoms with Gasteiger partial charge in [0.2, 0.25) is 0 Å². The van der Waals surface area contributed by atoms with Gasteiger partial charge in [0.25, 0.3) is 6.47 Å². The molecule has 1 N–H and O–H groups in total. The predicted molar refractivity (Wildman–Crippen MR) is 130 cm³/mol. The number of likely N-dealkylation sites (tertiary alicyclic amines) is 1. The SMILES string of the molecule is CC.CC(C)(C)OC=O.CNCC1CCN(CCc2cc(Cl)ccc2OCC2CC2)C1. The van der Waals surface area contributed by atoms with Gasteiger partial charge in [-0.2, -0.15) is 0 Å². The third kappa shape index (κ3) is 12.4. The van der Waals surface area contributed by atoms with E-state index < -0.39 is 0 Å². The minimum absolute atomic E-state index is 0.318. The minimum Gasteiger partial charge on any atom is -0.493 e. The normalized spacial score (nSPS) is 18.4. The summed E-state index contributed by atoms with van der Waals surface area (Å²) >= 11 is 6.17. The lowest BCUT2D eigenvalue weighted by Gasteiger charge is -2.18. The smallest absolute Gasteiger partial charge is 0.293 e. The highest BCUT2D eigenvalue weighted by Gasteiger charge is 2.23. The standard InChI is InChI=1S/C18H27ClN2O.C5H10O2.C2H6/c1-20-11-15-6-8-21(12-15)9-7-16-10-17(19)4-5-18(16)22-13-14-2-3-14;1-5(2,3)7-4-6;1-2/h4-5,10,14-15,20H,2-3,6-9,11-13H2,1H3;4H,1-3H3;1-2H3. The van der Waals surface area contributed by atoms with Crippen LogP contribution in [0.3, 0.4) is 0 Å². The maximum atomic E-state index is 9.60. The highest BCUT2D eigenvalue weighted by atomic mass is 35.5. The van der Waals surface area contributed by atoms with Crippen LogP contribution in [0.4, 0.5) is 0 Å². The van der Waals surface area contributed by atoms with Gasteiger partial charge in [-0.15, -0.1) is 0 Å². The molecule has 1 aliphatic carbocycles. The molecular formula is C25H43ClN2O3. The number of carbonyl (C=O) groups is 1. The lowest BCUT2D eigenvalue weighted by Crippen LogP contribution is -2.26. The molecule has 0 bridgehead atoms. The van der Waals surface area contributed by atoms with Crippen LogP contribution in [0.2, 0.25) is 5.02 Å².